The van der Waals surface area contributed by atoms with Crippen molar-refractivity contribution in [2.45, 2.75) is 20.3 Å². The fourth-order valence-corrected chi connectivity index (χ4v) is 2.01. The number of aliphatic carboxylic acids is 1. The zero-order chi connectivity index (χ0) is 14.7. The molecule has 20 heavy (non-hydrogen) atoms. The SMILES string of the molecule is Cc1ccc(C)c(Nc2ccc(F)cc2CC(=O)O)c1. The number of carboxylic acid groups (broad SMARTS) is 1. The van der Waals surface area contributed by atoms with Crippen LogP contribution in [0, 0.1) is 19.7 Å². The second-order valence-electron chi connectivity index (χ2n) is 4.82. The maximum Gasteiger partial charge on any atom is 0.307 e. The van der Waals surface area contributed by atoms with Crippen molar-refractivity contribution in [3.8, 4) is 0 Å². The standard InChI is InChI=1S/C16H16FNO2/c1-10-3-4-11(2)15(7-10)18-14-6-5-13(17)8-12(14)9-16(19)20/h3-8,18H,9H2,1-2H3,(H,19,20). The minimum absolute atomic E-state index is 0.217. The number of halogens is 1. The number of carbonyl (C=O) groups is 1. The Bertz CT molecular complexity index is 653. The smallest absolute Gasteiger partial charge is 0.307 e. The molecule has 104 valence electrons. The fraction of sp³-hybridized carbons (Fsp3) is 0.188. The summed E-state index contributed by atoms with van der Waals surface area (Å²) in [5, 5.41) is 12.1. The van der Waals surface area contributed by atoms with Crippen LogP contribution in [0.3, 0.4) is 0 Å². The van der Waals surface area contributed by atoms with Crippen LogP contribution in [0.4, 0.5) is 15.8 Å². The van der Waals surface area contributed by atoms with Gasteiger partial charge in [-0.15, -0.1) is 0 Å². The van der Waals surface area contributed by atoms with Gasteiger partial charge in [0.25, 0.3) is 0 Å². The third-order valence-corrected chi connectivity index (χ3v) is 3.07. The lowest BCUT2D eigenvalue weighted by atomic mass is 10.1. The molecule has 2 aromatic carbocycles. The Morgan fingerprint density at radius 2 is 1.90 bits per heavy atom. The Hall–Kier alpha value is -2.36. The molecular weight excluding hydrogens is 257 g/mol. The van der Waals surface area contributed by atoms with Crippen molar-refractivity contribution < 1.29 is 14.3 Å². The van der Waals surface area contributed by atoms with Crippen LogP contribution in [0.1, 0.15) is 16.7 Å². The highest BCUT2D eigenvalue weighted by atomic mass is 19.1. The summed E-state index contributed by atoms with van der Waals surface area (Å²) < 4.78 is 13.3. The molecule has 0 aliphatic rings. The normalized spacial score (nSPS) is 10.3. The first-order valence-electron chi connectivity index (χ1n) is 6.30. The Labute approximate surface area is 117 Å². The molecule has 2 N–H and O–H groups in total. The van der Waals surface area contributed by atoms with Gasteiger partial charge >= 0.3 is 5.97 Å². The van der Waals surface area contributed by atoms with E-state index in [1.807, 2.05) is 32.0 Å². The van der Waals surface area contributed by atoms with Crippen molar-refractivity contribution in [3.05, 3.63) is 58.9 Å². The molecule has 0 fully saturated rings. The highest BCUT2D eigenvalue weighted by Gasteiger charge is 2.09. The first-order chi connectivity index (χ1) is 9.45. The maximum atomic E-state index is 13.3. The fourth-order valence-electron chi connectivity index (χ4n) is 2.01. The van der Waals surface area contributed by atoms with Crippen LogP contribution >= 0.6 is 0 Å². The average Bonchev–Trinajstić information content (AvgIpc) is 2.36. The largest absolute Gasteiger partial charge is 0.481 e. The molecule has 0 aliphatic carbocycles. The minimum atomic E-state index is -0.986. The van der Waals surface area contributed by atoms with E-state index in [2.05, 4.69) is 5.32 Å². The molecule has 0 spiro atoms. The van der Waals surface area contributed by atoms with E-state index in [0.29, 0.717) is 11.3 Å². The summed E-state index contributed by atoms with van der Waals surface area (Å²) in [5.41, 5.74) is 4.07. The van der Waals surface area contributed by atoms with E-state index in [-0.39, 0.29) is 6.42 Å². The molecular formula is C16H16FNO2. The molecule has 0 aliphatic heterocycles. The molecule has 3 nitrogen and oxygen atoms in total. The van der Waals surface area contributed by atoms with E-state index in [1.165, 1.54) is 12.1 Å². The Balaban J connectivity index is 2.37. The Kier molecular flexibility index (Phi) is 4.03. The molecule has 0 saturated heterocycles. The van der Waals surface area contributed by atoms with Crippen molar-refractivity contribution in [2.75, 3.05) is 5.32 Å². The summed E-state index contributed by atoms with van der Waals surface area (Å²) >= 11 is 0. The van der Waals surface area contributed by atoms with Crippen LogP contribution in [-0.2, 0) is 11.2 Å². The van der Waals surface area contributed by atoms with Crippen LogP contribution < -0.4 is 5.32 Å². The van der Waals surface area contributed by atoms with Crippen molar-refractivity contribution >= 4 is 17.3 Å². The maximum absolute atomic E-state index is 13.3. The number of nitrogens with one attached hydrogen (secondary N) is 1. The summed E-state index contributed by atoms with van der Waals surface area (Å²) in [5.74, 6) is -1.42. The van der Waals surface area contributed by atoms with Gasteiger partial charge in [-0.25, -0.2) is 4.39 Å². The van der Waals surface area contributed by atoms with E-state index >= 15 is 0 Å². The predicted molar refractivity (Wildman–Crippen MR) is 76.9 cm³/mol. The monoisotopic (exact) mass is 273 g/mol. The van der Waals surface area contributed by atoms with Crippen molar-refractivity contribution in [2.24, 2.45) is 0 Å². The van der Waals surface area contributed by atoms with E-state index < -0.39 is 11.8 Å². The molecule has 0 aromatic heterocycles. The van der Waals surface area contributed by atoms with Gasteiger partial charge in [-0.1, -0.05) is 12.1 Å². The third-order valence-electron chi connectivity index (χ3n) is 3.07. The number of anilines is 2. The van der Waals surface area contributed by atoms with Gasteiger partial charge in [0.1, 0.15) is 5.82 Å². The number of aryl methyl sites for hydroxylation is 2. The summed E-state index contributed by atoms with van der Waals surface area (Å²) in [4.78, 5) is 10.9. The third kappa shape index (κ3) is 3.35. The minimum Gasteiger partial charge on any atom is -0.481 e. The molecule has 0 bridgehead atoms. The van der Waals surface area contributed by atoms with Gasteiger partial charge in [0.05, 0.1) is 6.42 Å². The van der Waals surface area contributed by atoms with E-state index in [4.69, 9.17) is 5.11 Å². The van der Waals surface area contributed by atoms with Crippen LogP contribution in [0.5, 0.6) is 0 Å². The summed E-state index contributed by atoms with van der Waals surface area (Å²) in [6.45, 7) is 3.94. The lowest BCUT2D eigenvalue weighted by molar-refractivity contribution is -0.136. The van der Waals surface area contributed by atoms with Gasteiger partial charge < -0.3 is 10.4 Å². The van der Waals surface area contributed by atoms with E-state index in [9.17, 15) is 9.18 Å². The van der Waals surface area contributed by atoms with Crippen LogP contribution in [0.25, 0.3) is 0 Å². The molecule has 0 amide bonds. The zero-order valence-electron chi connectivity index (χ0n) is 11.4. The first-order valence-corrected chi connectivity index (χ1v) is 6.30. The van der Waals surface area contributed by atoms with Crippen molar-refractivity contribution in [1.29, 1.82) is 0 Å². The summed E-state index contributed by atoms with van der Waals surface area (Å²) in [6.07, 6.45) is -0.217. The molecule has 0 heterocycles. The second-order valence-corrected chi connectivity index (χ2v) is 4.82. The van der Waals surface area contributed by atoms with E-state index in [0.717, 1.165) is 16.8 Å². The van der Waals surface area contributed by atoms with Crippen LogP contribution in [0.2, 0.25) is 0 Å². The highest BCUT2D eigenvalue weighted by molar-refractivity contribution is 5.75. The molecule has 0 radical (unpaired) electrons. The molecule has 4 heteroatoms. The van der Waals surface area contributed by atoms with Gasteiger partial charge in [-0.3, -0.25) is 4.79 Å². The second kappa shape index (κ2) is 5.74. The van der Waals surface area contributed by atoms with Gasteiger partial charge in [0, 0.05) is 11.4 Å². The van der Waals surface area contributed by atoms with Gasteiger partial charge in [-0.2, -0.15) is 0 Å². The number of benzene rings is 2. The average molecular weight is 273 g/mol. The molecule has 0 saturated carbocycles. The lowest BCUT2D eigenvalue weighted by Gasteiger charge is -2.14. The molecule has 2 aromatic rings. The Morgan fingerprint density at radius 1 is 1.15 bits per heavy atom. The molecule has 0 atom stereocenters. The van der Waals surface area contributed by atoms with Gasteiger partial charge in [-0.05, 0) is 54.8 Å². The van der Waals surface area contributed by atoms with Crippen LogP contribution in [0.15, 0.2) is 36.4 Å². The number of carboxylic acids is 1. The number of hydrogen-bond donors (Lipinski definition) is 2. The van der Waals surface area contributed by atoms with Gasteiger partial charge in [0.2, 0.25) is 0 Å². The van der Waals surface area contributed by atoms with Gasteiger partial charge in [0.15, 0.2) is 0 Å². The predicted octanol–water partition coefficient (Wildman–Crippen LogP) is 3.81. The quantitative estimate of drug-likeness (QED) is 0.890. The molecule has 0 unspecified atom stereocenters. The zero-order valence-corrected chi connectivity index (χ0v) is 11.4. The number of hydrogen-bond acceptors (Lipinski definition) is 2. The summed E-state index contributed by atoms with van der Waals surface area (Å²) in [6, 6.07) is 10.1. The Morgan fingerprint density at radius 3 is 2.60 bits per heavy atom. The lowest BCUT2D eigenvalue weighted by Crippen LogP contribution is -2.05. The molecule has 2 rings (SSSR count). The topological polar surface area (TPSA) is 49.3 Å². The van der Waals surface area contributed by atoms with Crippen molar-refractivity contribution in [1.82, 2.24) is 0 Å². The van der Waals surface area contributed by atoms with E-state index in [1.54, 1.807) is 6.07 Å². The van der Waals surface area contributed by atoms with Crippen molar-refractivity contribution in [3.63, 3.8) is 0 Å². The first kappa shape index (κ1) is 14.1. The van der Waals surface area contributed by atoms with Crippen LogP contribution in [-0.4, -0.2) is 11.1 Å². The summed E-state index contributed by atoms with van der Waals surface area (Å²) in [7, 11) is 0. The highest BCUT2D eigenvalue weighted by Crippen LogP contribution is 2.25. The number of rotatable bonds is 4.